The molecule has 0 atom stereocenters. The van der Waals surface area contributed by atoms with Crippen molar-refractivity contribution in [3.8, 4) is 0 Å². The highest BCUT2D eigenvalue weighted by molar-refractivity contribution is 5.79. The van der Waals surface area contributed by atoms with Crippen molar-refractivity contribution in [2.24, 2.45) is 5.92 Å². The molecule has 0 aliphatic heterocycles. The predicted molar refractivity (Wildman–Crippen MR) is 78.6 cm³/mol. The van der Waals surface area contributed by atoms with E-state index in [1.54, 1.807) is 4.90 Å². The summed E-state index contributed by atoms with van der Waals surface area (Å²) in [5.41, 5.74) is -0.399. The lowest BCUT2D eigenvalue weighted by Crippen LogP contribution is -2.52. The van der Waals surface area contributed by atoms with E-state index in [0.717, 1.165) is 25.7 Å². The molecule has 1 fully saturated rings. The fourth-order valence-electron chi connectivity index (χ4n) is 2.99. The van der Waals surface area contributed by atoms with Crippen LogP contribution in [0.1, 0.15) is 60.3 Å². The number of amides is 2. The number of nitrogens with one attached hydrogen (secondary N) is 1. The highest BCUT2D eigenvalue weighted by Crippen LogP contribution is 2.31. The van der Waals surface area contributed by atoms with E-state index >= 15 is 0 Å². The van der Waals surface area contributed by atoms with Crippen molar-refractivity contribution in [3.05, 3.63) is 0 Å². The van der Waals surface area contributed by atoms with Gasteiger partial charge in [0.25, 0.3) is 0 Å². The Hall–Kier alpha value is -1.26. The van der Waals surface area contributed by atoms with Crippen LogP contribution in [0.3, 0.4) is 0 Å². The van der Waals surface area contributed by atoms with E-state index in [4.69, 9.17) is 0 Å². The second-order valence-corrected chi connectivity index (χ2v) is 6.99. The molecule has 0 spiro atoms. The monoisotopic (exact) mass is 284 g/mol. The molecule has 5 heteroatoms. The van der Waals surface area contributed by atoms with Crippen molar-refractivity contribution in [2.75, 3.05) is 0 Å². The number of carbonyl (C=O) groups is 2. The number of hydrogen-bond acceptors (Lipinski definition) is 2. The van der Waals surface area contributed by atoms with Gasteiger partial charge in [0.2, 0.25) is 5.91 Å². The molecule has 5 nitrogen and oxygen atoms in total. The fourth-order valence-corrected chi connectivity index (χ4v) is 2.99. The predicted octanol–water partition coefficient (Wildman–Crippen LogP) is 2.85. The van der Waals surface area contributed by atoms with Gasteiger partial charge in [0.1, 0.15) is 0 Å². The summed E-state index contributed by atoms with van der Waals surface area (Å²) in [6.07, 6.45) is 2.19. The zero-order chi connectivity index (χ0) is 15.5. The Kier molecular flexibility index (Phi) is 5.42. The van der Waals surface area contributed by atoms with Crippen LogP contribution in [0.2, 0.25) is 0 Å². The topological polar surface area (TPSA) is 69.6 Å². The van der Waals surface area contributed by atoms with Crippen molar-refractivity contribution in [1.82, 2.24) is 10.2 Å². The third kappa shape index (κ3) is 4.39. The lowest BCUT2D eigenvalue weighted by molar-refractivity contribution is -0.126. The molecule has 2 N–H and O–H groups in total. The van der Waals surface area contributed by atoms with Crippen molar-refractivity contribution in [3.63, 3.8) is 0 Å². The van der Waals surface area contributed by atoms with E-state index in [1.165, 1.54) is 0 Å². The van der Waals surface area contributed by atoms with Crippen molar-refractivity contribution < 1.29 is 14.7 Å². The van der Waals surface area contributed by atoms with E-state index in [-0.39, 0.29) is 23.9 Å². The van der Waals surface area contributed by atoms with Gasteiger partial charge in [0.05, 0.1) is 0 Å². The Morgan fingerprint density at radius 2 is 1.65 bits per heavy atom. The summed E-state index contributed by atoms with van der Waals surface area (Å²) in [7, 11) is 0. The Balaban J connectivity index is 2.61. The largest absolute Gasteiger partial charge is 0.465 e. The van der Waals surface area contributed by atoms with Gasteiger partial charge in [0.15, 0.2) is 0 Å². The molecule has 2 amide bonds. The first-order chi connectivity index (χ1) is 9.12. The summed E-state index contributed by atoms with van der Waals surface area (Å²) < 4.78 is 0. The van der Waals surface area contributed by atoms with Crippen LogP contribution in [0.15, 0.2) is 0 Å². The molecule has 20 heavy (non-hydrogen) atoms. The smallest absolute Gasteiger partial charge is 0.407 e. The van der Waals surface area contributed by atoms with Crippen LogP contribution in [-0.2, 0) is 4.79 Å². The summed E-state index contributed by atoms with van der Waals surface area (Å²) in [6.45, 7) is 9.65. The minimum atomic E-state index is -0.868. The van der Waals surface area contributed by atoms with Gasteiger partial charge in [0, 0.05) is 23.5 Å². The maximum Gasteiger partial charge on any atom is 0.407 e. The lowest BCUT2D eigenvalue weighted by atomic mass is 9.83. The van der Waals surface area contributed by atoms with Crippen LogP contribution in [-0.4, -0.2) is 39.6 Å². The number of hydrogen-bond donors (Lipinski definition) is 2. The van der Waals surface area contributed by atoms with Crippen molar-refractivity contribution >= 4 is 12.0 Å². The molecule has 1 saturated carbocycles. The standard InChI is InChI=1S/C15H28N2O3/c1-10(2)16-13(18)11-6-8-12(9-7-11)17(14(19)20)15(3,4)5/h10-12H,6-9H2,1-5H3,(H,16,18)(H,19,20)/t11-,12+. The Morgan fingerprint density at radius 1 is 1.15 bits per heavy atom. The lowest BCUT2D eigenvalue weighted by Gasteiger charge is -2.42. The first kappa shape index (κ1) is 16.8. The van der Waals surface area contributed by atoms with Crippen LogP contribution < -0.4 is 5.32 Å². The average molecular weight is 284 g/mol. The number of rotatable bonds is 3. The molecule has 1 aliphatic carbocycles. The second kappa shape index (κ2) is 6.46. The quantitative estimate of drug-likeness (QED) is 0.837. The maximum atomic E-state index is 12.0. The maximum absolute atomic E-state index is 12.0. The van der Waals surface area contributed by atoms with E-state index in [9.17, 15) is 14.7 Å². The minimum Gasteiger partial charge on any atom is -0.465 e. The van der Waals surface area contributed by atoms with Gasteiger partial charge >= 0.3 is 6.09 Å². The van der Waals surface area contributed by atoms with Crippen LogP contribution in [0.25, 0.3) is 0 Å². The van der Waals surface area contributed by atoms with E-state index in [0.29, 0.717) is 0 Å². The van der Waals surface area contributed by atoms with E-state index in [1.807, 2.05) is 34.6 Å². The Morgan fingerprint density at radius 3 is 2.00 bits per heavy atom. The molecule has 1 aliphatic rings. The zero-order valence-electron chi connectivity index (χ0n) is 13.3. The summed E-state index contributed by atoms with van der Waals surface area (Å²) in [6, 6.07) is 0.181. The molecule has 0 aromatic heterocycles. The van der Waals surface area contributed by atoms with Gasteiger partial charge in [-0.15, -0.1) is 0 Å². The molecule has 0 saturated heterocycles. The molecule has 0 radical (unpaired) electrons. The molecule has 0 heterocycles. The highest BCUT2D eigenvalue weighted by atomic mass is 16.4. The van der Waals surface area contributed by atoms with Gasteiger partial charge < -0.3 is 15.3 Å². The first-order valence-electron chi connectivity index (χ1n) is 7.45. The van der Waals surface area contributed by atoms with Gasteiger partial charge in [-0.05, 0) is 60.3 Å². The summed E-state index contributed by atoms with van der Waals surface area (Å²) >= 11 is 0. The first-order valence-corrected chi connectivity index (χ1v) is 7.45. The fraction of sp³-hybridized carbons (Fsp3) is 0.867. The van der Waals surface area contributed by atoms with Gasteiger partial charge in [-0.3, -0.25) is 4.79 Å². The van der Waals surface area contributed by atoms with Crippen LogP contribution in [0.5, 0.6) is 0 Å². The van der Waals surface area contributed by atoms with Crippen molar-refractivity contribution in [1.29, 1.82) is 0 Å². The summed E-state index contributed by atoms with van der Waals surface area (Å²) in [5, 5.41) is 12.3. The second-order valence-electron chi connectivity index (χ2n) is 6.99. The third-order valence-corrected chi connectivity index (χ3v) is 3.79. The zero-order valence-corrected chi connectivity index (χ0v) is 13.3. The summed E-state index contributed by atoms with van der Waals surface area (Å²) in [5.74, 6) is 0.139. The average Bonchev–Trinajstić information content (AvgIpc) is 2.26. The third-order valence-electron chi connectivity index (χ3n) is 3.79. The molecular formula is C15H28N2O3. The van der Waals surface area contributed by atoms with E-state index in [2.05, 4.69) is 5.32 Å². The number of carboxylic acid groups (broad SMARTS) is 1. The Labute approximate surface area is 121 Å². The van der Waals surface area contributed by atoms with Crippen molar-refractivity contribution in [2.45, 2.75) is 77.9 Å². The van der Waals surface area contributed by atoms with Gasteiger partial charge in [-0.2, -0.15) is 0 Å². The van der Waals surface area contributed by atoms with Crippen LogP contribution >= 0.6 is 0 Å². The number of nitrogens with zero attached hydrogens (tertiary/aromatic N) is 1. The summed E-state index contributed by atoms with van der Waals surface area (Å²) in [4.78, 5) is 25.0. The molecule has 0 bridgehead atoms. The minimum absolute atomic E-state index is 0.0237. The molecular weight excluding hydrogens is 256 g/mol. The van der Waals surface area contributed by atoms with Crippen LogP contribution in [0.4, 0.5) is 4.79 Å². The molecule has 0 unspecified atom stereocenters. The normalized spacial score (nSPS) is 23.5. The highest BCUT2D eigenvalue weighted by Gasteiger charge is 2.36. The molecule has 116 valence electrons. The molecule has 1 rings (SSSR count). The van der Waals surface area contributed by atoms with E-state index < -0.39 is 11.6 Å². The Bertz CT molecular complexity index is 353. The molecule has 0 aromatic carbocycles. The molecule has 0 aromatic rings. The van der Waals surface area contributed by atoms with Gasteiger partial charge in [-0.1, -0.05) is 0 Å². The SMILES string of the molecule is CC(C)NC(=O)[C@H]1CC[C@@H](N(C(=O)O)C(C)(C)C)CC1. The van der Waals surface area contributed by atoms with Gasteiger partial charge in [-0.25, -0.2) is 4.79 Å². The number of carbonyl (C=O) groups excluding carboxylic acids is 1. The van der Waals surface area contributed by atoms with Crippen LogP contribution in [0, 0.1) is 5.92 Å².